The zero-order valence-corrected chi connectivity index (χ0v) is 13.2. The van der Waals surface area contributed by atoms with Crippen LogP contribution in [0.1, 0.15) is 44.6 Å². The Morgan fingerprint density at radius 3 is 2.64 bits per heavy atom. The normalized spacial score (nSPS) is 20.6. The molecule has 2 N–H and O–H groups in total. The van der Waals surface area contributed by atoms with E-state index in [9.17, 15) is 4.39 Å². The highest BCUT2D eigenvalue weighted by atomic mass is 19.1. The van der Waals surface area contributed by atoms with Gasteiger partial charge in [-0.25, -0.2) is 4.39 Å². The molecule has 0 bridgehead atoms. The Balaban J connectivity index is 1.82. The molecule has 1 aliphatic heterocycles. The lowest BCUT2D eigenvalue weighted by Crippen LogP contribution is -2.45. The van der Waals surface area contributed by atoms with Gasteiger partial charge in [0.15, 0.2) is 0 Å². The molecule has 4 heteroatoms. The van der Waals surface area contributed by atoms with Crippen molar-refractivity contribution in [2.75, 3.05) is 13.1 Å². The average Bonchev–Trinajstić information content (AvgIpc) is 2.88. The maximum absolute atomic E-state index is 13.1. The maximum Gasteiger partial charge on any atom is 0.123 e. The fourth-order valence-corrected chi connectivity index (χ4v) is 3.38. The van der Waals surface area contributed by atoms with Crippen LogP contribution in [-0.4, -0.2) is 24.5 Å². The van der Waals surface area contributed by atoms with Gasteiger partial charge in [-0.05, 0) is 37.0 Å². The minimum Gasteiger partial charge on any atom is -0.383 e. The van der Waals surface area contributed by atoms with E-state index in [0.29, 0.717) is 0 Å². The van der Waals surface area contributed by atoms with Crippen LogP contribution in [0.2, 0.25) is 0 Å². The van der Waals surface area contributed by atoms with Crippen LogP contribution in [0.5, 0.6) is 0 Å². The van der Waals surface area contributed by atoms with E-state index in [4.69, 9.17) is 0 Å². The summed E-state index contributed by atoms with van der Waals surface area (Å²) in [7, 11) is 0. The number of nitrogens with one attached hydrogen (secondary N) is 2. The SMILES string of the molecule is CCC1(NC2=NCCNC(c3ccc(F)cc3)=C2)CCCC1. The first-order valence-corrected chi connectivity index (χ1v) is 8.25. The van der Waals surface area contributed by atoms with Crippen LogP contribution in [-0.2, 0) is 0 Å². The van der Waals surface area contributed by atoms with E-state index in [1.54, 1.807) is 0 Å². The first-order valence-electron chi connectivity index (χ1n) is 8.25. The van der Waals surface area contributed by atoms with Crippen molar-refractivity contribution in [1.29, 1.82) is 0 Å². The lowest BCUT2D eigenvalue weighted by molar-refractivity contribution is 0.376. The lowest BCUT2D eigenvalue weighted by Gasteiger charge is -2.30. The van der Waals surface area contributed by atoms with Crippen LogP contribution < -0.4 is 10.6 Å². The Bertz CT molecular complexity index is 568. The second-order valence-corrected chi connectivity index (χ2v) is 6.22. The standard InChI is InChI=1S/C18H24FN3/c1-2-18(9-3-4-10-18)22-17-13-16(20-11-12-21-17)14-5-7-15(19)8-6-14/h5-8,13,20H,2-4,9-12H2,1H3,(H,21,22). The van der Waals surface area contributed by atoms with Crippen molar-refractivity contribution in [2.24, 2.45) is 4.99 Å². The Morgan fingerprint density at radius 1 is 1.23 bits per heavy atom. The maximum atomic E-state index is 13.1. The molecule has 1 aliphatic carbocycles. The van der Waals surface area contributed by atoms with Crippen LogP contribution in [0.25, 0.3) is 5.70 Å². The molecule has 0 unspecified atom stereocenters. The van der Waals surface area contributed by atoms with Gasteiger partial charge in [0.25, 0.3) is 0 Å². The zero-order chi connectivity index (χ0) is 15.4. The third-order valence-corrected chi connectivity index (χ3v) is 4.78. The quantitative estimate of drug-likeness (QED) is 0.896. The predicted octanol–water partition coefficient (Wildman–Crippen LogP) is 3.48. The largest absolute Gasteiger partial charge is 0.383 e. The van der Waals surface area contributed by atoms with Gasteiger partial charge in [-0.1, -0.05) is 31.9 Å². The van der Waals surface area contributed by atoms with E-state index in [1.165, 1.54) is 37.8 Å². The molecule has 2 aliphatic rings. The van der Waals surface area contributed by atoms with Crippen LogP contribution in [0.3, 0.4) is 0 Å². The van der Waals surface area contributed by atoms with Crippen LogP contribution in [0.15, 0.2) is 35.3 Å². The van der Waals surface area contributed by atoms with Crippen molar-refractivity contribution >= 4 is 11.5 Å². The van der Waals surface area contributed by atoms with Gasteiger partial charge in [0.1, 0.15) is 11.7 Å². The highest BCUT2D eigenvalue weighted by Gasteiger charge is 2.32. The molecule has 0 radical (unpaired) electrons. The number of benzene rings is 1. The molecule has 0 amide bonds. The summed E-state index contributed by atoms with van der Waals surface area (Å²) in [6, 6.07) is 6.61. The molecular formula is C18H24FN3. The van der Waals surface area contributed by atoms with Gasteiger partial charge in [0.05, 0.1) is 6.54 Å². The van der Waals surface area contributed by atoms with Gasteiger partial charge >= 0.3 is 0 Å². The van der Waals surface area contributed by atoms with E-state index in [0.717, 1.165) is 36.6 Å². The van der Waals surface area contributed by atoms with Crippen molar-refractivity contribution in [3.63, 3.8) is 0 Å². The second kappa shape index (κ2) is 6.51. The van der Waals surface area contributed by atoms with Gasteiger partial charge in [0, 0.05) is 23.9 Å². The van der Waals surface area contributed by atoms with Crippen molar-refractivity contribution in [3.05, 3.63) is 41.7 Å². The number of amidine groups is 1. The summed E-state index contributed by atoms with van der Waals surface area (Å²) in [5.41, 5.74) is 2.20. The molecule has 0 atom stereocenters. The molecule has 1 aromatic rings. The van der Waals surface area contributed by atoms with Gasteiger partial charge in [-0.15, -0.1) is 0 Å². The summed E-state index contributed by atoms with van der Waals surface area (Å²) in [4.78, 5) is 4.67. The molecule has 0 saturated heterocycles. The van der Waals surface area contributed by atoms with Gasteiger partial charge in [-0.3, -0.25) is 4.99 Å². The third kappa shape index (κ3) is 3.32. The summed E-state index contributed by atoms with van der Waals surface area (Å²) in [6.07, 6.45) is 8.21. The Kier molecular flexibility index (Phi) is 4.46. The number of aliphatic imine (C=N–C) groups is 1. The number of hydrogen-bond donors (Lipinski definition) is 2. The van der Waals surface area contributed by atoms with E-state index >= 15 is 0 Å². The Hall–Kier alpha value is -1.84. The monoisotopic (exact) mass is 301 g/mol. The molecule has 3 nitrogen and oxygen atoms in total. The van der Waals surface area contributed by atoms with Crippen LogP contribution in [0, 0.1) is 5.82 Å². The van der Waals surface area contributed by atoms with Gasteiger partial charge in [0.2, 0.25) is 0 Å². The molecular weight excluding hydrogens is 277 g/mol. The molecule has 1 fully saturated rings. The second-order valence-electron chi connectivity index (χ2n) is 6.22. The van der Waals surface area contributed by atoms with E-state index in [2.05, 4.69) is 28.6 Å². The Morgan fingerprint density at radius 2 is 1.95 bits per heavy atom. The van der Waals surface area contributed by atoms with Gasteiger partial charge < -0.3 is 10.6 Å². The predicted molar refractivity (Wildman–Crippen MR) is 89.3 cm³/mol. The van der Waals surface area contributed by atoms with Crippen molar-refractivity contribution in [2.45, 2.75) is 44.6 Å². The summed E-state index contributed by atoms with van der Waals surface area (Å²) in [6.45, 7) is 3.80. The fourth-order valence-electron chi connectivity index (χ4n) is 3.38. The van der Waals surface area contributed by atoms with Crippen molar-refractivity contribution in [1.82, 2.24) is 10.6 Å². The number of hydrogen-bond acceptors (Lipinski definition) is 3. The topological polar surface area (TPSA) is 36.4 Å². The summed E-state index contributed by atoms with van der Waals surface area (Å²) >= 11 is 0. The highest BCUT2D eigenvalue weighted by Crippen LogP contribution is 2.32. The van der Waals surface area contributed by atoms with E-state index in [1.807, 2.05) is 12.1 Å². The average molecular weight is 301 g/mol. The summed E-state index contributed by atoms with van der Waals surface area (Å²) in [5, 5.41) is 7.08. The van der Waals surface area contributed by atoms with E-state index in [-0.39, 0.29) is 11.4 Å². The summed E-state index contributed by atoms with van der Waals surface area (Å²) in [5.74, 6) is 0.744. The minimum absolute atomic E-state index is 0.202. The molecule has 118 valence electrons. The Labute approximate surface area is 131 Å². The molecule has 0 spiro atoms. The third-order valence-electron chi connectivity index (χ3n) is 4.78. The lowest BCUT2D eigenvalue weighted by atomic mass is 9.94. The molecule has 1 aromatic carbocycles. The molecule has 22 heavy (non-hydrogen) atoms. The van der Waals surface area contributed by atoms with Crippen molar-refractivity contribution in [3.8, 4) is 0 Å². The van der Waals surface area contributed by atoms with E-state index < -0.39 is 0 Å². The minimum atomic E-state index is -0.208. The highest BCUT2D eigenvalue weighted by molar-refractivity contribution is 5.99. The van der Waals surface area contributed by atoms with Crippen LogP contribution in [0.4, 0.5) is 4.39 Å². The summed E-state index contributed by atoms with van der Waals surface area (Å²) < 4.78 is 13.1. The molecule has 3 rings (SSSR count). The first kappa shape index (κ1) is 15.1. The van der Waals surface area contributed by atoms with Gasteiger partial charge in [-0.2, -0.15) is 0 Å². The first-order chi connectivity index (χ1) is 10.7. The number of rotatable bonds is 3. The zero-order valence-electron chi connectivity index (χ0n) is 13.2. The smallest absolute Gasteiger partial charge is 0.123 e. The molecule has 1 saturated carbocycles. The fraction of sp³-hybridized carbons (Fsp3) is 0.500. The molecule has 1 heterocycles. The van der Waals surface area contributed by atoms with Crippen molar-refractivity contribution < 1.29 is 4.39 Å². The number of halogens is 1. The molecule has 0 aromatic heterocycles. The van der Waals surface area contributed by atoms with Crippen LogP contribution >= 0.6 is 0 Å². The number of nitrogens with zero attached hydrogens (tertiary/aromatic N) is 1.